The van der Waals surface area contributed by atoms with Crippen molar-refractivity contribution in [1.82, 2.24) is 24.9 Å². The van der Waals surface area contributed by atoms with Gasteiger partial charge in [0.1, 0.15) is 11.3 Å². The van der Waals surface area contributed by atoms with Crippen LogP contribution in [0, 0.1) is 5.92 Å². The monoisotopic (exact) mass is 541 g/mol. The van der Waals surface area contributed by atoms with Crippen LogP contribution < -0.4 is 5.32 Å². The summed E-state index contributed by atoms with van der Waals surface area (Å²) in [6.07, 6.45) is 3.20. The Balaban J connectivity index is 1.18. The topological polar surface area (TPSA) is 96.8 Å². The van der Waals surface area contributed by atoms with E-state index in [4.69, 9.17) is 4.74 Å². The number of hydrogen-bond acceptors (Lipinski definition) is 6. The van der Waals surface area contributed by atoms with E-state index in [2.05, 4.69) is 15.3 Å². The molecule has 212 valence electrons. The van der Waals surface area contributed by atoms with Crippen LogP contribution in [-0.4, -0.2) is 75.8 Å². The zero-order chi connectivity index (χ0) is 27.9. The van der Waals surface area contributed by atoms with E-state index in [1.54, 1.807) is 9.58 Å². The number of nitrogens with one attached hydrogen (secondary N) is 1. The second-order valence-corrected chi connectivity index (χ2v) is 12.4. The SMILES string of the molecule is Cn1nc(C2CCC(=O)NC2=O)c2ccc(C3(F)CCN(CC4CCN(C(=O)OC(C)(C)C)CC4)CC3)cc21. The van der Waals surface area contributed by atoms with Gasteiger partial charge in [0.25, 0.3) is 0 Å². The number of ether oxygens (including phenoxy) is 1. The summed E-state index contributed by atoms with van der Waals surface area (Å²) in [5.74, 6) is -0.556. The Bertz CT molecular complexity index is 1250. The first-order chi connectivity index (χ1) is 18.4. The van der Waals surface area contributed by atoms with Crippen molar-refractivity contribution in [3.05, 3.63) is 29.5 Å². The van der Waals surface area contributed by atoms with Gasteiger partial charge in [0.2, 0.25) is 11.8 Å². The van der Waals surface area contributed by atoms with Crippen molar-refractivity contribution in [3.63, 3.8) is 0 Å². The van der Waals surface area contributed by atoms with Crippen molar-refractivity contribution >= 4 is 28.8 Å². The number of amides is 3. The number of carbonyl (C=O) groups excluding carboxylic acids is 3. The van der Waals surface area contributed by atoms with Crippen molar-refractivity contribution in [2.24, 2.45) is 13.0 Å². The van der Waals surface area contributed by atoms with Crippen molar-refractivity contribution in [2.75, 3.05) is 32.7 Å². The van der Waals surface area contributed by atoms with Gasteiger partial charge in [0.15, 0.2) is 0 Å². The lowest BCUT2D eigenvalue weighted by Crippen LogP contribution is -2.46. The summed E-state index contributed by atoms with van der Waals surface area (Å²) in [6, 6.07) is 5.59. The van der Waals surface area contributed by atoms with Gasteiger partial charge in [-0.2, -0.15) is 5.10 Å². The summed E-state index contributed by atoms with van der Waals surface area (Å²) in [4.78, 5) is 40.5. The first-order valence-electron chi connectivity index (χ1n) is 14.1. The lowest BCUT2D eigenvalue weighted by molar-refractivity contribution is -0.134. The molecule has 3 aliphatic rings. The maximum atomic E-state index is 16.2. The number of nitrogens with zero attached hydrogens (tertiary/aromatic N) is 4. The summed E-state index contributed by atoms with van der Waals surface area (Å²) in [5, 5.41) is 7.82. The molecular weight excluding hydrogens is 501 g/mol. The highest BCUT2D eigenvalue weighted by atomic mass is 19.1. The molecule has 4 heterocycles. The Hall–Kier alpha value is -3.01. The van der Waals surface area contributed by atoms with Crippen LogP contribution in [0.5, 0.6) is 0 Å². The number of likely N-dealkylation sites (tertiary alicyclic amines) is 2. The maximum Gasteiger partial charge on any atom is 0.410 e. The van der Waals surface area contributed by atoms with Gasteiger partial charge in [-0.05, 0) is 70.4 Å². The molecule has 3 aliphatic heterocycles. The number of alkyl halides is 1. The number of aromatic nitrogens is 2. The number of carbonyl (C=O) groups is 3. The number of halogens is 1. The summed E-state index contributed by atoms with van der Waals surface area (Å²) in [5.41, 5.74) is 0.188. The average molecular weight is 542 g/mol. The van der Waals surface area contributed by atoms with Gasteiger partial charge in [-0.1, -0.05) is 12.1 Å². The first-order valence-corrected chi connectivity index (χ1v) is 14.1. The Kier molecular flexibility index (Phi) is 7.43. The minimum Gasteiger partial charge on any atom is -0.444 e. The molecule has 1 atom stereocenters. The first kappa shape index (κ1) is 27.6. The van der Waals surface area contributed by atoms with E-state index in [0.29, 0.717) is 69.0 Å². The van der Waals surface area contributed by atoms with Crippen LogP contribution in [0.25, 0.3) is 10.9 Å². The van der Waals surface area contributed by atoms with Crippen molar-refractivity contribution in [1.29, 1.82) is 0 Å². The molecule has 39 heavy (non-hydrogen) atoms. The average Bonchev–Trinajstić information content (AvgIpc) is 3.20. The molecule has 9 nitrogen and oxygen atoms in total. The van der Waals surface area contributed by atoms with Gasteiger partial charge in [-0.3, -0.25) is 19.6 Å². The predicted octanol–water partition coefficient (Wildman–Crippen LogP) is 4.00. The third-order valence-corrected chi connectivity index (χ3v) is 8.40. The number of hydrogen-bond donors (Lipinski definition) is 1. The highest BCUT2D eigenvalue weighted by Gasteiger charge is 2.38. The molecule has 1 aromatic carbocycles. The Morgan fingerprint density at radius 2 is 1.82 bits per heavy atom. The van der Waals surface area contributed by atoms with E-state index in [-0.39, 0.29) is 17.9 Å². The third kappa shape index (κ3) is 5.95. The molecule has 3 fully saturated rings. The van der Waals surface area contributed by atoms with Gasteiger partial charge in [-0.25, -0.2) is 9.18 Å². The number of aryl methyl sites for hydroxylation is 1. The molecule has 2 aromatic rings. The fourth-order valence-corrected chi connectivity index (χ4v) is 6.14. The fraction of sp³-hybridized carbons (Fsp3) is 0.655. The standard InChI is InChI=1S/C29H40FN5O4/c1-28(2,3)39-27(38)35-13-9-19(10-14-35)18-34-15-11-29(30,12-16-34)20-5-6-21-23(17-20)33(4)32-25(21)22-7-8-24(36)31-26(22)37/h5-6,17,19,22H,7-16,18H2,1-4H3,(H,31,36,37). The molecule has 5 rings (SSSR count). The third-order valence-electron chi connectivity index (χ3n) is 8.40. The van der Waals surface area contributed by atoms with E-state index in [1.165, 1.54) is 0 Å². The normalized spacial score (nSPS) is 23.2. The van der Waals surface area contributed by atoms with Crippen LogP contribution >= 0.6 is 0 Å². The summed E-state index contributed by atoms with van der Waals surface area (Å²) in [6.45, 7) is 9.35. The summed E-state index contributed by atoms with van der Waals surface area (Å²) < 4.78 is 23.5. The van der Waals surface area contributed by atoms with E-state index in [1.807, 2.05) is 46.0 Å². The quantitative estimate of drug-likeness (QED) is 0.588. The molecule has 0 bridgehead atoms. The van der Waals surface area contributed by atoms with Crippen LogP contribution in [0.4, 0.5) is 9.18 Å². The largest absolute Gasteiger partial charge is 0.444 e. The molecule has 3 saturated heterocycles. The van der Waals surface area contributed by atoms with E-state index in [9.17, 15) is 14.4 Å². The Labute approximate surface area is 229 Å². The molecule has 0 radical (unpaired) electrons. The molecule has 1 unspecified atom stereocenters. The van der Waals surface area contributed by atoms with E-state index < -0.39 is 17.2 Å². The second kappa shape index (κ2) is 10.5. The van der Waals surface area contributed by atoms with Gasteiger partial charge >= 0.3 is 6.09 Å². The minimum atomic E-state index is -1.41. The summed E-state index contributed by atoms with van der Waals surface area (Å²) >= 11 is 0. The second-order valence-electron chi connectivity index (χ2n) is 12.4. The molecule has 3 amide bonds. The fourth-order valence-electron chi connectivity index (χ4n) is 6.14. The Morgan fingerprint density at radius 3 is 2.46 bits per heavy atom. The smallest absolute Gasteiger partial charge is 0.410 e. The minimum absolute atomic E-state index is 0.240. The molecular formula is C29H40FN5O4. The van der Waals surface area contributed by atoms with Crippen LogP contribution in [-0.2, 0) is 27.0 Å². The zero-order valence-electron chi connectivity index (χ0n) is 23.5. The molecule has 0 aliphatic carbocycles. The number of imide groups is 1. The molecule has 1 N–H and O–H groups in total. The molecule has 1 aromatic heterocycles. The van der Waals surface area contributed by atoms with Gasteiger partial charge < -0.3 is 14.5 Å². The highest BCUT2D eigenvalue weighted by molar-refractivity contribution is 6.02. The number of rotatable bonds is 4. The maximum absolute atomic E-state index is 16.2. The molecule has 0 spiro atoms. The van der Waals surface area contributed by atoms with Crippen molar-refractivity contribution in [3.8, 4) is 0 Å². The van der Waals surface area contributed by atoms with E-state index >= 15 is 4.39 Å². The molecule has 0 saturated carbocycles. The van der Waals surface area contributed by atoms with Gasteiger partial charge in [0, 0.05) is 51.6 Å². The lowest BCUT2D eigenvalue weighted by Gasteiger charge is -2.40. The number of fused-ring (bicyclic) bond motifs is 1. The van der Waals surface area contributed by atoms with Crippen molar-refractivity contribution < 1.29 is 23.5 Å². The van der Waals surface area contributed by atoms with Crippen molar-refractivity contribution in [2.45, 2.75) is 76.5 Å². The summed E-state index contributed by atoms with van der Waals surface area (Å²) in [7, 11) is 1.81. The Morgan fingerprint density at radius 1 is 1.13 bits per heavy atom. The van der Waals surface area contributed by atoms with Gasteiger partial charge in [-0.15, -0.1) is 0 Å². The van der Waals surface area contributed by atoms with E-state index in [0.717, 1.165) is 30.3 Å². The van der Waals surface area contributed by atoms with Crippen LogP contribution in [0.2, 0.25) is 0 Å². The highest BCUT2D eigenvalue weighted by Crippen LogP contribution is 2.40. The van der Waals surface area contributed by atoms with Crippen LogP contribution in [0.15, 0.2) is 18.2 Å². The zero-order valence-corrected chi connectivity index (χ0v) is 23.5. The van der Waals surface area contributed by atoms with Crippen LogP contribution in [0.1, 0.15) is 76.5 Å². The number of benzene rings is 1. The number of piperidine rings is 3. The van der Waals surface area contributed by atoms with Gasteiger partial charge in [0.05, 0.1) is 17.1 Å². The van der Waals surface area contributed by atoms with Crippen LogP contribution in [0.3, 0.4) is 0 Å². The predicted molar refractivity (Wildman–Crippen MR) is 145 cm³/mol. The molecule has 10 heteroatoms. The lowest BCUT2D eigenvalue weighted by atomic mass is 9.84.